The van der Waals surface area contributed by atoms with Crippen LogP contribution in [0.15, 0.2) is 23.1 Å². The predicted molar refractivity (Wildman–Crippen MR) is 77.1 cm³/mol. The van der Waals surface area contributed by atoms with Crippen molar-refractivity contribution in [1.82, 2.24) is 10.0 Å². The van der Waals surface area contributed by atoms with Gasteiger partial charge in [0.1, 0.15) is 6.07 Å². The fourth-order valence-corrected chi connectivity index (χ4v) is 3.18. The number of carbonyl (C=O) groups is 1. The first-order chi connectivity index (χ1) is 9.83. The Morgan fingerprint density at radius 1 is 1.48 bits per heavy atom. The molecule has 1 aromatic carbocycles. The zero-order valence-electron chi connectivity index (χ0n) is 11.3. The molecule has 0 saturated heterocycles. The first-order valence-corrected chi connectivity index (χ1v) is 8.22. The van der Waals surface area contributed by atoms with Gasteiger partial charge in [0.05, 0.1) is 21.5 Å². The van der Waals surface area contributed by atoms with E-state index in [1.54, 1.807) is 0 Å². The first kappa shape index (κ1) is 15.8. The van der Waals surface area contributed by atoms with Crippen molar-refractivity contribution in [2.24, 2.45) is 0 Å². The van der Waals surface area contributed by atoms with E-state index in [2.05, 4.69) is 10.0 Å². The molecule has 1 aliphatic carbocycles. The summed E-state index contributed by atoms with van der Waals surface area (Å²) in [5.74, 6) is -0.360. The summed E-state index contributed by atoms with van der Waals surface area (Å²) in [6.07, 6.45) is 1.85. The standard InChI is InChI=1S/C13H14ClN3O3S/c1-8(13(18)16-10-3-4-10)17-21(19,20)11-5-2-9(7-15)12(14)6-11/h2,5-6,8,10,17H,3-4H2,1H3,(H,16,18). The maximum atomic E-state index is 12.2. The van der Waals surface area contributed by atoms with Crippen LogP contribution in [0.5, 0.6) is 0 Å². The van der Waals surface area contributed by atoms with Crippen molar-refractivity contribution in [2.45, 2.75) is 36.7 Å². The Bertz CT molecular complexity index is 708. The number of nitriles is 1. The van der Waals surface area contributed by atoms with Crippen LogP contribution in [0.4, 0.5) is 0 Å². The Labute approximate surface area is 128 Å². The van der Waals surface area contributed by atoms with Crippen LogP contribution >= 0.6 is 11.6 Å². The smallest absolute Gasteiger partial charge is 0.241 e. The molecule has 112 valence electrons. The van der Waals surface area contributed by atoms with E-state index in [4.69, 9.17) is 16.9 Å². The van der Waals surface area contributed by atoms with Gasteiger partial charge in [-0.1, -0.05) is 11.6 Å². The van der Waals surface area contributed by atoms with Crippen LogP contribution in [0.25, 0.3) is 0 Å². The molecule has 0 heterocycles. The number of halogens is 1. The monoisotopic (exact) mass is 327 g/mol. The summed E-state index contributed by atoms with van der Waals surface area (Å²) in [6, 6.07) is 4.92. The van der Waals surface area contributed by atoms with Gasteiger partial charge in [-0.2, -0.15) is 9.98 Å². The van der Waals surface area contributed by atoms with Gasteiger partial charge in [-0.15, -0.1) is 0 Å². The van der Waals surface area contributed by atoms with Gasteiger partial charge in [0.2, 0.25) is 15.9 Å². The van der Waals surface area contributed by atoms with E-state index in [1.165, 1.54) is 25.1 Å². The van der Waals surface area contributed by atoms with E-state index in [0.717, 1.165) is 12.8 Å². The average molecular weight is 328 g/mol. The lowest BCUT2D eigenvalue weighted by molar-refractivity contribution is -0.122. The summed E-state index contributed by atoms with van der Waals surface area (Å²) in [5, 5.41) is 11.5. The predicted octanol–water partition coefficient (Wildman–Crippen LogP) is 1.16. The molecule has 2 rings (SSSR count). The molecule has 1 amide bonds. The molecule has 0 spiro atoms. The molecule has 1 unspecified atom stereocenters. The van der Waals surface area contributed by atoms with Crippen molar-refractivity contribution < 1.29 is 13.2 Å². The second-order valence-corrected chi connectivity index (χ2v) is 7.00. The highest BCUT2D eigenvalue weighted by molar-refractivity contribution is 7.89. The third-order valence-electron chi connectivity index (χ3n) is 3.02. The molecule has 8 heteroatoms. The SMILES string of the molecule is CC(NS(=O)(=O)c1ccc(C#N)c(Cl)c1)C(=O)NC1CC1. The highest BCUT2D eigenvalue weighted by atomic mass is 35.5. The topological polar surface area (TPSA) is 99.1 Å². The molecule has 0 radical (unpaired) electrons. The van der Waals surface area contributed by atoms with Crippen molar-refractivity contribution in [3.63, 3.8) is 0 Å². The van der Waals surface area contributed by atoms with Gasteiger partial charge < -0.3 is 5.32 Å². The third kappa shape index (κ3) is 3.94. The molecule has 1 aliphatic rings. The van der Waals surface area contributed by atoms with Gasteiger partial charge in [0.15, 0.2) is 0 Å². The zero-order chi connectivity index (χ0) is 15.6. The molecule has 6 nitrogen and oxygen atoms in total. The minimum absolute atomic E-state index is 0.0514. The lowest BCUT2D eigenvalue weighted by Gasteiger charge is -2.14. The Kier molecular flexibility index (Phi) is 4.52. The minimum Gasteiger partial charge on any atom is -0.352 e. The number of benzene rings is 1. The van der Waals surface area contributed by atoms with E-state index in [1.807, 2.05) is 6.07 Å². The van der Waals surface area contributed by atoms with Gasteiger partial charge in [-0.05, 0) is 38.0 Å². The lowest BCUT2D eigenvalue weighted by Crippen LogP contribution is -2.45. The van der Waals surface area contributed by atoms with Crippen LogP contribution in [-0.4, -0.2) is 26.4 Å². The maximum Gasteiger partial charge on any atom is 0.241 e. The van der Waals surface area contributed by atoms with E-state index in [9.17, 15) is 13.2 Å². The van der Waals surface area contributed by atoms with E-state index < -0.39 is 16.1 Å². The normalized spacial score (nSPS) is 16.0. The number of amides is 1. The molecular weight excluding hydrogens is 314 g/mol. The molecule has 1 saturated carbocycles. The number of hydrogen-bond acceptors (Lipinski definition) is 4. The van der Waals surface area contributed by atoms with Gasteiger partial charge in [-0.25, -0.2) is 8.42 Å². The number of rotatable bonds is 5. The van der Waals surface area contributed by atoms with Gasteiger partial charge in [0.25, 0.3) is 0 Å². The van der Waals surface area contributed by atoms with Gasteiger partial charge in [-0.3, -0.25) is 4.79 Å². The fourth-order valence-electron chi connectivity index (χ4n) is 1.66. The molecule has 0 aliphatic heterocycles. The van der Waals surface area contributed by atoms with Crippen LogP contribution in [0, 0.1) is 11.3 Å². The van der Waals surface area contributed by atoms with Crippen LogP contribution in [0.2, 0.25) is 5.02 Å². The number of nitrogens with zero attached hydrogens (tertiary/aromatic N) is 1. The largest absolute Gasteiger partial charge is 0.352 e. The Morgan fingerprint density at radius 2 is 2.14 bits per heavy atom. The molecule has 0 aromatic heterocycles. The van der Waals surface area contributed by atoms with Gasteiger partial charge >= 0.3 is 0 Å². The van der Waals surface area contributed by atoms with Crippen LogP contribution in [0.3, 0.4) is 0 Å². The van der Waals surface area contributed by atoms with Crippen molar-refractivity contribution in [2.75, 3.05) is 0 Å². The molecule has 2 N–H and O–H groups in total. The fraction of sp³-hybridized carbons (Fsp3) is 0.385. The highest BCUT2D eigenvalue weighted by Gasteiger charge is 2.28. The Hall–Kier alpha value is -1.62. The summed E-state index contributed by atoms with van der Waals surface area (Å²) >= 11 is 5.82. The van der Waals surface area contributed by atoms with E-state index in [0.29, 0.717) is 0 Å². The quantitative estimate of drug-likeness (QED) is 0.847. The number of nitrogens with one attached hydrogen (secondary N) is 2. The first-order valence-electron chi connectivity index (χ1n) is 6.36. The van der Waals surface area contributed by atoms with Gasteiger partial charge in [0, 0.05) is 6.04 Å². The number of carbonyl (C=O) groups excluding carboxylic acids is 1. The van der Waals surface area contributed by atoms with Crippen molar-refractivity contribution in [1.29, 1.82) is 5.26 Å². The second kappa shape index (κ2) is 6.02. The van der Waals surface area contributed by atoms with Crippen LogP contribution in [0.1, 0.15) is 25.3 Å². The molecule has 1 aromatic rings. The van der Waals surface area contributed by atoms with Crippen LogP contribution < -0.4 is 10.0 Å². The van der Waals surface area contributed by atoms with Crippen molar-refractivity contribution in [3.8, 4) is 6.07 Å². The van der Waals surface area contributed by atoms with E-state index in [-0.39, 0.29) is 27.4 Å². The lowest BCUT2D eigenvalue weighted by atomic mass is 10.2. The summed E-state index contributed by atoms with van der Waals surface area (Å²) < 4.78 is 26.6. The average Bonchev–Trinajstić information content (AvgIpc) is 3.22. The summed E-state index contributed by atoms with van der Waals surface area (Å²) in [6.45, 7) is 1.47. The number of hydrogen-bond donors (Lipinski definition) is 2. The summed E-state index contributed by atoms with van der Waals surface area (Å²) in [7, 11) is -3.87. The molecule has 1 atom stereocenters. The Balaban J connectivity index is 2.12. The molecule has 0 bridgehead atoms. The summed E-state index contributed by atoms with van der Waals surface area (Å²) in [4.78, 5) is 11.7. The highest BCUT2D eigenvalue weighted by Crippen LogP contribution is 2.21. The van der Waals surface area contributed by atoms with Crippen molar-refractivity contribution >= 4 is 27.5 Å². The minimum atomic E-state index is -3.87. The third-order valence-corrected chi connectivity index (χ3v) is 4.87. The molecule has 21 heavy (non-hydrogen) atoms. The Morgan fingerprint density at radius 3 is 2.67 bits per heavy atom. The molecule has 1 fully saturated rings. The molecular formula is C13H14ClN3O3S. The second-order valence-electron chi connectivity index (χ2n) is 4.88. The maximum absolute atomic E-state index is 12.2. The number of sulfonamides is 1. The zero-order valence-corrected chi connectivity index (χ0v) is 12.8. The van der Waals surface area contributed by atoms with Crippen molar-refractivity contribution in [3.05, 3.63) is 28.8 Å². The van der Waals surface area contributed by atoms with E-state index >= 15 is 0 Å². The van der Waals surface area contributed by atoms with Crippen LogP contribution in [-0.2, 0) is 14.8 Å². The summed E-state index contributed by atoms with van der Waals surface area (Å²) in [5.41, 5.74) is 0.190.